The molecular weight excluding hydrogens is 334 g/mol. The molecule has 0 spiro atoms. The van der Waals surface area contributed by atoms with Gasteiger partial charge in [0.25, 0.3) is 0 Å². The van der Waals surface area contributed by atoms with E-state index in [1.165, 1.54) is 11.8 Å². The van der Waals surface area contributed by atoms with Gasteiger partial charge in [-0.3, -0.25) is 4.99 Å². The molecule has 6 heteroatoms. The summed E-state index contributed by atoms with van der Waals surface area (Å²) in [5.74, 6) is 1.75. The van der Waals surface area contributed by atoms with E-state index in [0.29, 0.717) is 24.8 Å². The molecule has 0 fully saturated rings. The lowest BCUT2D eigenvalue weighted by Gasteiger charge is -2.22. The van der Waals surface area contributed by atoms with Gasteiger partial charge < -0.3 is 10.6 Å². The number of guanidine groups is 1. The maximum atomic E-state index is 11.3. The minimum atomic E-state index is -2.94. The third kappa shape index (κ3) is 8.91. The van der Waals surface area contributed by atoms with E-state index in [1.54, 1.807) is 0 Å². The zero-order valence-corrected chi connectivity index (χ0v) is 16.9. The van der Waals surface area contributed by atoms with Crippen molar-refractivity contribution in [1.82, 2.24) is 10.6 Å². The molecular formula is C19H33N3O2S. The average Bonchev–Trinajstić information content (AvgIpc) is 2.53. The van der Waals surface area contributed by atoms with Crippen molar-refractivity contribution in [2.75, 3.05) is 25.1 Å². The fraction of sp³-hybridized carbons (Fsp3) is 0.632. The number of sulfone groups is 1. The molecule has 0 heterocycles. The van der Waals surface area contributed by atoms with Crippen LogP contribution in [0.5, 0.6) is 0 Å². The molecule has 0 aliphatic rings. The molecule has 0 aliphatic heterocycles. The maximum absolute atomic E-state index is 11.3. The lowest BCUT2D eigenvalue weighted by atomic mass is 9.88. The lowest BCUT2D eigenvalue weighted by Crippen LogP contribution is -2.43. The van der Waals surface area contributed by atoms with Gasteiger partial charge in [0.1, 0.15) is 9.84 Å². The van der Waals surface area contributed by atoms with Crippen molar-refractivity contribution >= 4 is 15.8 Å². The molecule has 1 aromatic rings. The minimum Gasteiger partial charge on any atom is -0.357 e. The van der Waals surface area contributed by atoms with Crippen molar-refractivity contribution in [2.45, 2.75) is 46.1 Å². The summed E-state index contributed by atoms with van der Waals surface area (Å²) in [6, 6.07) is 10.5. The first-order valence-corrected chi connectivity index (χ1v) is 11.1. The van der Waals surface area contributed by atoms with E-state index in [-0.39, 0.29) is 11.8 Å². The highest BCUT2D eigenvalue weighted by Crippen LogP contribution is 2.24. The van der Waals surface area contributed by atoms with Gasteiger partial charge in [-0.1, -0.05) is 44.2 Å². The van der Waals surface area contributed by atoms with Crippen LogP contribution in [-0.2, 0) is 9.84 Å². The van der Waals surface area contributed by atoms with Crippen LogP contribution >= 0.6 is 0 Å². The van der Waals surface area contributed by atoms with E-state index in [4.69, 9.17) is 4.99 Å². The molecule has 1 rings (SSSR count). The Balaban J connectivity index is 2.75. The second kappa shape index (κ2) is 10.4. The minimum absolute atomic E-state index is 0.0433. The molecule has 1 aromatic carbocycles. The highest BCUT2D eigenvalue weighted by molar-refractivity contribution is 7.90. The quantitative estimate of drug-likeness (QED) is 0.520. The van der Waals surface area contributed by atoms with Gasteiger partial charge >= 0.3 is 0 Å². The average molecular weight is 368 g/mol. The number of aliphatic imine (C=N–C) groups is 1. The first kappa shape index (κ1) is 21.5. The second-order valence-electron chi connectivity index (χ2n) is 6.94. The van der Waals surface area contributed by atoms with Gasteiger partial charge in [-0.05, 0) is 31.7 Å². The molecule has 2 unspecified atom stereocenters. The van der Waals surface area contributed by atoms with E-state index >= 15 is 0 Å². The Hall–Kier alpha value is -1.56. The molecule has 0 saturated heterocycles. The van der Waals surface area contributed by atoms with E-state index in [0.717, 1.165) is 12.5 Å². The van der Waals surface area contributed by atoms with Gasteiger partial charge in [0, 0.05) is 31.3 Å². The first-order chi connectivity index (χ1) is 11.7. The monoisotopic (exact) mass is 367 g/mol. The van der Waals surface area contributed by atoms with E-state index in [1.807, 2.05) is 19.9 Å². The predicted octanol–water partition coefficient (Wildman–Crippen LogP) is 2.80. The standard InChI is InChI=1S/C19H33N3O2S/c1-6-20-19(22-16(4)12-13-25(5,23)24)21-14-18(15(2)3)17-10-8-7-9-11-17/h7-11,15-16,18H,6,12-14H2,1-5H3,(H2,20,21,22). The molecule has 2 N–H and O–H groups in total. The summed E-state index contributed by atoms with van der Waals surface area (Å²) in [6.45, 7) is 9.88. The van der Waals surface area contributed by atoms with Gasteiger partial charge in [-0.15, -0.1) is 0 Å². The molecule has 142 valence electrons. The van der Waals surface area contributed by atoms with Gasteiger partial charge in [0.2, 0.25) is 0 Å². The van der Waals surface area contributed by atoms with E-state index < -0.39 is 9.84 Å². The van der Waals surface area contributed by atoms with Crippen LogP contribution in [0.15, 0.2) is 35.3 Å². The van der Waals surface area contributed by atoms with Crippen molar-refractivity contribution < 1.29 is 8.42 Å². The van der Waals surface area contributed by atoms with Gasteiger partial charge in [-0.2, -0.15) is 0 Å². The normalized spacial score (nSPS) is 15.0. The summed E-state index contributed by atoms with van der Waals surface area (Å²) in [5.41, 5.74) is 1.29. The number of hydrogen-bond acceptors (Lipinski definition) is 3. The summed E-state index contributed by atoms with van der Waals surface area (Å²) in [7, 11) is -2.94. The molecule has 0 saturated carbocycles. The van der Waals surface area contributed by atoms with Gasteiger partial charge in [0.05, 0.1) is 5.75 Å². The Morgan fingerprint density at radius 2 is 1.80 bits per heavy atom. The van der Waals surface area contributed by atoms with Crippen LogP contribution in [0.3, 0.4) is 0 Å². The third-order valence-corrected chi connectivity index (χ3v) is 5.10. The van der Waals surface area contributed by atoms with Crippen LogP contribution in [0.4, 0.5) is 0 Å². The lowest BCUT2D eigenvalue weighted by molar-refractivity contribution is 0.504. The molecule has 0 aromatic heterocycles. The first-order valence-electron chi connectivity index (χ1n) is 9.00. The predicted molar refractivity (Wildman–Crippen MR) is 107 cm³/mol. The maximum Gasteiger partial charge on any atom is 0.191 e. The van der Waals surface area contributed by atoms with Crippen molar-refractivity contribution in [2.24, 2.45) is 10.9 Å². The number of nitrogens with one attached hydrogen (secondary N) is 2. The zero-order chi connectivity index (χ0) is 18.9. The van der Waals surface area contributed by atoms with Crippen LogP contribution in [0.25, 0.3) is 0 Å². The summed E-state index contributed by atoms with van der Waals surface area (Å²) in [5, 5.41) is 6.56. The van der Waals surface area contributed by atoms with Crippen molar-refractivity contribution in [3.05, 3.63) is 35.9 Å². The molecule has 0 aliphatic carbocycles. The van der Waals surface area contributed by atoms with E-state index in [2.05, 4.69) is 48.7 Å². The summed E-state index contributed by atoms with van der Waals surface area (Å²) >= 11 is 0. The molecule has 0 radical (unpaired) electrons. The number of benzene rings is 1. The van der Waals surface area contributed by atoms with Crippen LogP contribution in [0, 0.1) is 5.92 Å². The highest BCUT2D eigenvalue weighted by atomic mass is 32.2. The fourth-order valence-corrected chi connectivity index (χ4v) is 3.39. The van der Waals surface area contributed by atoms with Crippen LogP contribution < -0.4 is 10.6 Å². The van der Waals surface area contributed by atoms with Gasteiger partial charge in [-0.25, -0.2) is 8.42 Å². The van der Waals surface area contributed by atoms with Crippen LogP contribution in [0.1, 0.15) is 45.6 Å². The largest absolute Gasteiger partial charge is 0.357 e. The topological polar surface area (TPSA) is 70.6 Å². The van der Waals surface area contributed by atoms with Crippen LogP contribution in [0.2, 0.25) is 0 Å². The second-order valence-corrected chi connectivity index (χ2v) is 9.20. The molecule has 25 heavy (non-hydrogen) atoms. The van der Waals surface area contributed by atoms with E-state index in [9.17, 15) is 8.42 Å². The number of hydrogen-bond donors (Lipinski definition) is 2. The SMILES string of the molecule is CCNC(=NCC(c1ccccc1)C(C)C)NC(C)CCS(C)(=O)=O. The summed E-state index contributed by atoms with van der Waals surface area (Å²) in [6.07, 6.45) is 1.83. The molecule has 0 bridgehead atoms. The Kier molecular flexibility index (Phi) is 8.97. The Morgan fingerprint density at radius 1 is 1.16 bits per heavy atom. The highest BCUT2D eigenvalue weighted by Gasteiger charge is 2.16. The third-order valence-electron chi connectivity index (χ3n) is 4.13. The van der Waals surface area contributed by atoms with Crippen molar-refractivity contribution in [1.29, 1.82) is 0 Å². The fourth-order valence-electron chi connectivity index (χ4n) is 2.61. The zero-order valence-electron chi connectivity index (χ0n) is 16.1. The van der Waals surface area contributed by atoms with Crippen molar-refractivity contribution in [3.8, 4) is 0 Å². The Morgan fingerprint density at radius 3 is 2.32 bits per heavy atom. The van der Waals surface area contributed by atoms with Crippen molar-refractivity contribution in [3.63, 3.8) is 0 Å². The number of rotatable bonds is 9. The summed E-state index contributed by atoms with van der Waals surface area (Å²) in [4.78, 5) is 4.74. The number of nitrogens with zero attached hydrogens (tertiary/aromatic N) is 1. The smallest absolute Gasteiger partial charge is 0.191 e. The Labute approximate surface area is 153 Å². The Bertz CT molecular complexity index is 627. The molecule has 5 nitrogen and oxygen atoms in total. The molecule has 2 atom stereocenters. The molecule has 0 amide bonds. The van der Waals surface area contributed by atoms with Gasteiger partial charge in [0.15, 0.2) is 5.96 Å². The summed E-state index contributed by atoms with van der Waals surface area (Å²) < 4.78 is 22.6. The van der Waals surface area contributed by atoms with Crippen LogP contribution in [-0.4, -0.2) is 45.5 Å².